The maximum absolute atomic E-state index is 12.4. The Bertz CT molecular complexity index is 631. The molecule has 5 nitrogen and oxygen atoms in total. The lowest BCUT2D eigenvalue weighted by atomic mass is 9.97. The number of nitrogens with zero attached hydrogens (tertiary/aromatic N) is 1. The number of aryl methyl sites for hydroxylation is 1. The van der Waals surface area contributed by atoms with Crippen LogP contribution >= 0.6 is 11.6 Å². The molecule has 1 unspecified atom stereocenters. The minimum Gasteiger partial charge on any atom is -0.484 e. The van der Waals surface area contributed by atoms with Crippen molar-refractivity contribution in [1.82, 2.24) is 10.2 Å². The van der Waals surface area contributed by atoms with E-state index >= 15 is 0 Å². The predicted molar refractivity (Wildman–Crippen MR) is 92.2 cm³/mol. The standard InChI is InChI=1S/C18H23ClN2O3/c1-12-9-15(6-7-16(12)19)24-11-17(22)21-8-2-3-13(10-21)18(23)20-14-4-5-14/h6-7,9,13-14H,2-5,8,10-11H2,1H3,(H,20,23). The highest BCUT2D eigenvalue weighted by atomic mass is 35.5. The van der Waals surface area contributed by atoms with Crippen molar-refractivity contribution in [3.05, 3.63) is 28.8 Å². The number of carbonyl (C=O) groups excluding carboxylic acids is 2. The molecule has 6 heteroatoms. The number of hydrogen-bond acceptors (Lipinski definition) is 3. The van der Waals surface area contributed by atoms with Crippen molar-refractivity contribution in [3.8, 4) is 5.75 Å². The molecule has 1 N–H and O–H groups in total. The van der Waals surface area contributed by atoms with Gasteiger partial charge in [-0.2, -0.15) is 0 Å². The van der Waals surface area contributed by atoms with E-state index in [0.717, 1.165) is 31.2 Å². The monoisotopic (exact) mass is 350 g/mol. The third-order valence-corrected chi connectivity index (χ3v) is 4.98. The summed E-state index contributed by atoms with van der Waals surface area (Å²) in [4.78, 5) is 26.3. The van der Waals surface area contributed by atoms with Crippen LogP contribution in [-0.2, 0) is 9.59 Å². The van der Waals surface area contributed by atoms with Crippen molar-refractivity contribution >= 4 is 23.4 Å². The molecule has 0 radical (unpaired) electrons. The molecule has 0 spiro atoms. The van der Waals surface area contributed by atoms with Crippen molar-refractivity contribution in [3.63, 3.8) is 0 Å². The number of nitrogens with one attached hydrogen (secondary N) is 1. The van der Waals surface area contributed by atoms with Crippen LogP contribution in [0.1, 0.15) is 31.2 Å². The van der Waals surface area contributed by atoms with Crippen LogP contribution in [0.5, 0.6) is 5.75 Å². The van der Waals surface area contributed by atoms with E-state index in [0.29, 0.717) is 29.9 Å². The van der Waals surface area contributed by atoms with Crippen LogP contribution in [0, 0.1) is 12.8 Å². The summed E-state index contributed by atoms with van der Waals surface area (Å²) in [5, 5.41) is 3.71. The number of benzene rings is 1. The van der Waals surface area contributed by atoms with Gasteiger partial charge in [0, 0.05) is 24.2 Å². The maximum atomic E-state index is 12.4. The van der Waals surface area contributed by atoms with E-state index in [4.69, 9.17) is 16.3 Å². The lowest BCUT2D eigenvalue weighted by molar-refractivity contribution is -0.137. The smallest absolute Gasteiger partial charge is 0.260 e. The first-order valence-corrected chi connectivity index (χ1v) is 8.88. The Kier molecular flexibility index (Phi) is 5.29. The lowest BCUT2D eigenvalue weighted by Gasteiger charge is -2.32. The molecule has 1 atom stereocenters. The molecule has 0 bridgehead atoms. The Morgan fingerprint density at radius 2 is 2.12 bits per heavy atom. The Morgan fingerprint density at radius 1 is 1.33 bits per heavy atom. The van der Waals surface area contributed by atoms with Gasteiger partial charge in [0.15, 0.2) is 6.61 Å². The average molecular weight is 351 g/mol. The van der Waals surface area contributed by atoms with Gasteiger partial charge in [-0.3, -0.25) is 9.59 Å². The zero-order valence-corrected chi connectivity index (χ0v) is 14.6. The molecule has 1 heterocycles. The fraction of sp³-hybridized carbons (Fsp3) is 0.556. The molecule has 2 amide bonds. The van der Waals surface area contributed by atoms with E-state index < -0.39 is 0 Å². The Morgan fingerprint density at radius 3 is 2.83 bits per heavy atom. The second-order valence-electron chi connectivity index (χ2n) is 6.66. The number of ether oxygens (including phenoxy) is 1. The SMILES string of the molecule is Cc1cc(OCC(=O)N2CCCC(C(=O)NC3CC3)C2)ccc1Cl. The number of amides is 2. The molecule has 1 saturated carbocycles. The van der Waals surface area contributed by atoms with Crippen LogP contribution in [0.2, 0.25) is 5.02 Å². The van der Waals surface area contributed by atoms with Gasteiger partial charge in [0.25, 0.3) is 5.91 Å². The molecule has 3 rings (SSSR count). The zero-order chi connectivity index (χ0) is 17.1. The van der Waals surface area contributed by atoms with Gasteiger partial charge in [-0.05, 0) is 56.4 Å². The van der Waals surface area contributed by atoms with Crippen molar-refractivity contribution < 1.29 is 14.3 Å². The lowest BCUT2D eigenvalue weighted by Crippen LogP contribution is -2.47. The van der Waals surface area contributed by atoms with Crippen molar-refractivity contribution in [1.29, 1.82) is 0 Å². The van der Waals surface area contributed by atoms with Gasteiger partial charge in [-0.1, -0.05) is 11.6 Å². The summed E-state index contributed by atoms with van der Waals surface area (Å²) in [6, 6.07) is 5.69. The van der Waals surface area contributed by atoms with Crippen LogP contribution in [-0.4, -0.2) is 42.5 Å². The normalized spacial score (nSPS) is 20.6. The molecule has 130 valence electrons. The van der Waals surface area contributed by atoms with Gasteiger partial charge in [0.1, 0.15) is 5.75 Å². The first-order valence-electron chi connectivity index (χ1n) is 8.50. The molecule has 1 aromatic carbocycles. The van der Waals surface area contributed by atoms with Crippen LogP contribution in [0.15, 0.2) is 18.2 Å². The van der Waals surface area contributed by atoms with Gasteiger partial charge in [-0.25, -0.2) is 0 Å². The van der Waals surface area contributed by atoms with Crippen LogP contribution in [0.25, 0.3) is 0 Å². The Hall–Kier alpha value is -1.75. The molecule has 1 aliphatic heterocycles. The quantitative estimate of drug-likeness (QED) is 0.887. The fourth-order valence-corrected chi connectivity index (χ4v) is 3.03. The summed E-state index contributed by atoms with van der Waals surface area (Å²) >= 11 is 5.98. The molecule has 1 aliphatic carbocycles. The molecular formula is C18H23ClN2O3. The summed E-state index contributed by atoms with van der Waals surface area (Å²) < 4.78 is 5.58. The summed E-state index contributed by atoms with van der Waals surface area (Å²) in [5.74, 6) is 0.544. The molecule has 2 fully saturated rings. The average Bonchev–Trinajstić information content (AvgIpc) is 3.39. The summed E-state index contributed by atoms with van der Waals surface area (Å²) in [6.45, 7) is 3.05. The Balaban J connectivity index is 1.50. The topological polar surface area (TPSA) is 58.6 Å². The molecule has 1 saturated heterocycles. The fourth-order valence-electron chi connectivity index (χ4n) is 2.91. The highest BCUT2D eigenvalue weighted by Gasteiger charge is 2.31. The summed E-state index contributed by atoms with van der Waals surface area (Å²) in [7, 11) is 0. The third kappa shape index (κ3) is 4.41. The maximum Gasteiger partial charge on any atom is 0.260 e. The number of hydrogen-bond donors (Lipinski definition) is 1. The van der Waals surface area contributed by atoms with E-state index in [9.17, 15) is 9.59 Å². The summed E-state index contributed by atoms with van der Waals surface area (Å²) in [6.07, 6.45) is 3.86. The minimum atomic E-state index is -0.0962. The van der Waals surface area contributed by atoms with Crippen LogP contribution < -0.4 is 10.1 Å². The molecular weight excluding hydrogens is 328 g/mol. The molecule has 24 heavy (non-hydrogen) atoms. The number of carbonyl (C=O) groups is 2. The van der Waals surface area contributed by atoms with Gasteiger partial charge < -0.3 is 15.0 Å². The van der Waals surface area contributed by atoms with E-state index in [1.165, 1.54) is 0 Å². The highest BCUT2D eigenvalue weighted by Crippen LogP contribution is 2.23. The minimum absolute atomic E-state index is 0.0158. The van der Waals surface area contributed by atoms with E-state index in [1.54, 1.807) is 17.0 Å². The number of halogens is 1. The van der Waals surface area contributed by atoms with Crippen molar-refractivity contribution in [2.24, 2.45) is 5.92 Å². The first kappa shape index (κ1) is 17.1. The van der Waals surface area contributed by atoms with Gasteiger partial charge >= 0.3 is 0 Å². The molecule has 0 aromatic heterocycles. The first-order chi connectivity index (χ1) is 11.5. The van der Waals surface area contributed by atoms with E-state index in [2.05, 4.69) is 5.32 Å². The molecule has 1 aromatic rings. The largest absolute Gasteiger partial charge is 0.484 e. The predicted octanol–water partition coefficient (Wildman–Crippen LogP) is 2.54. The second-order valence-corrected chi connectivity index (χ2v) is 7.07. The van der Waals surface area contributed by atoms with Gasteiger partial charge in [-0.15, -0.1) is 0 Å². The van der Waals surface area contributed by atoms with Crippen molar-refractivity contribution in [2.45, 2.75) is 38.6 Å². The van der Waals surface area contributed by atoms with Gasteiger partial charge in [0.05, 0.1) is 5.92 Å². The number of piperidine rings is 1. The second kappa shape index (κ2) is 7.43. The number of likely N-dealkylation sites (tertiary alicyclic amines) is 1. The zero-order valence-electron chi connectivity index (χ0n) is 13.9. The van der Waals surface area contributed by atoms with Gasteiger partial charge in [0.2, 0.25) is 5.91 Å². The Labute approximate surface area is 147 Å². The highest BCUT2D eigenvalue weighted by molar-refractivity contribution is 6.31. The third-order valence-electron chi connectivity index (χ3n) is 4.56. The van der Waals surface area contributed by atoms with Crippen molar-refractivity contribution in [2.75, 3.05) is 19.7 Å². The van der Waals surface area contributed by atoms with E-state index in [1.807, 2.05) is 13.0 Å². The molecule has 2 aliphatic rings. The van der Waals surface area contributed by atoms with Crippen LogP contribution in [0.3, 0.4) is 0 Å². The number of rotatable bonds is 5. The summed E-state index contributed by atoms with van der Waals surface area (Å²) in [5.41, 5.74) is 0.913. The van der Waals surface area contributed by atoms with Crippen LogP contribution in [0.4, 0.5) is 0 Å². The van der Waals surface area contributed by atoms with E-state index in [-0.39, 0.29) is 24.3 Å².